The molecule has 0 aliphatic carbocycles. The summed E-state index contributed by atoms with van der Waals surface area (Å²) in [6, 6.07) is 5.71. The summed E-state index contributed by atoms with van der Waals surface area (Å²) >= 11 is 0. The second-order valence-corrected chi connectivity index (χ2v) is 7.70. The Hall–Kier alpha value is -4.35. The largest absolute Gasteiger partial charge is 0.474 e. The van der Waals surface area contributed by atoms with E-state index in [-0.39, 0.29) is 16.9 Å². The quantitative estimate of drug-likeness (QED) is 0.372. The first kappa shape index (κ1) is 22.3. The summed E-state index contributed by atoms with van der Waals surface area (Å²) in [5, 5.41) is 12.0. The second kappa shape index (κ2) is 8.41. The average molecular weight is 442 g/mol. The third-order valence-electron chi connectivity index (χ3n) is 4.25. The van der Waals surface area contributed by atoms with Crippen LogP contribution < -0.4 is 11.4 Å². The number of hydrogen-bond donors (Lipinski definition) is 4. The van der Waals surface area contributed by atoms with Gasteiger partial charge in [-0.1, -0.05) is 32.0 Å². The lowest BCUT2D eigenvalue weighted by atomic mass is 9.96. The summed E-state index contributed by atoms with van der Waals surface area (Å²) in [5.74, 6) is -2.69. The molecule has 32 heavy (non-hydrogen) atoms. The van der Waals surface area contributed by atoms with E-state index in [0.29, 0.717) is 28.1 Å². The number of imidazole rings is 1. The van der Waals surface area contributed by atoms with E-state index in [4.69, 9.17) is 10.8 Å². The minimum atomic E-state index is -1.20. The van der Waals surface area contributed by atoms with E-state index in [2.05, 4.69) is 29.6 Å². The lowest BCUT2D eigenvalue weighted by molar-refractivity contribution is 0.0643. The molecule has 166 valence electrons. The third-order valence-corrected chi connectivity index (χ3v) is 4.25. The number of primary amides is 1. The van der Waals surface area contributed by atoms with Crippen molar-refractivity contribution < 1.29 is 23.6 Å². The van der Waals surface area contributed by atoms with Crippen LogP contribution in [0.1, 0.15) is 47.6 Å². The van der Waals surface area contributed by atoms with Crippen molar-refractivity contribution in [1.29, 1.82) is 0 Å². The summed E-state index contributed by atoms with van der Waals surface area (Å²) in [6.45, 7) is 5.64. The highest BCUT2D eigenvalue weighted by Crippen LogP contribution is 2.26. The van der Waals surface area contributed by atoms with Gasteiger partial charge in [-0.25, -0.2) is 19.0 Å². The number of H-pyrrole nitrogens is 2. The molecule has 0 radical (unpaired) electrons. The number of carbonyl (C=O) groups excluding carboxylic acids is 1. The molecule has 0 spiro atoms. The van der Waals surface area contributed by atoms with Crippen LogP contribution in [0.2, 0.25) is 0 Å². The number of fused-ring (bicyclic) bond motifs is 1. The van der Waals surface area contributed by atoms with Crippen molar-refractivity contribution in [3.8, 4) is 11.1 Å². The highest BCUT2D eigenvalue weighted by atomic mass is 19.1. The van der Waals surface area contributed by atoms with Gasteiger partial charge in [0.05, 0.1) is 11.1 Å². The first-order valence-corrected chi connectivity index (χ1v) is 9.21. The highest BCUT2D eigenvalue weighted by molar-refractivity contribution is 5.95. The molecule has 5 N–H and O–H groups in total. The Kier molecular flexibility index (Phi) is 5.87. The molecule has 4 aromatic rings. The molecule has 11 nitrogen and oxygen atoms in total. The number of nitrogens with two attached hydrogens (primary N) is 1. The first-order chi connectivity index (χ1) is 15.0. The topological polar surface area (TPSA) is 181 Å². The molecule has 12 heteroatoms. The van der Waals surface area contributed by atoms with E-state index in [1.165, 1.54) is 18.3 Å². The van der Waals surface area contributed by atoms with Gasteiger partial charge in [-0.05, 0) is 23.8 Å². The van der Waals surface area contributed by atoms with Crippen molar-refractivity contribution in [2.24, 2.45) is 5.73 Å². The number of carbonyl (C=O) groups is 2. The maximum absolute atomic E-state index is 13.8. The maximum atomic E-state index is 13.8. The van der Waals surface area contributed by atoms with Crippen molar-refractivity contribution in [2.75, 3.05) is 0 Å². The zero-order valence-electron chi connectivity index (χ0n) is 17.3. The van der Waals surface area contributed by atoms with Gasteiger partial charge in [-0.2, -0.15) is 4.98 Å². The van der Waals surface area contributed by atoms with Crippen LogP contribution in [-0.2, 0) is 5.41 Å². The van der Waals surface area contributed by atoms with Crippen molar-refractivity contribution in [3.63, 3.8) is 0 Å². The van der Waals surface area contributed by atoms with Crippen LogP contribution in [0.25, 0.3) is 22.3 Å². The van der Waals surface area contributed by atoms with Crippen LogP contribution in [0, 0.1) is 5.82 Å². The Morgan fingerprint density at radius 3 is 2.44 bits per heavy atom. The van der Waals surface area contributed by atoms with E-state index in [1.54, 1.807) is 12.1 Å². The molecule has 4 rings (SSSR count). The molecule has 3 heterocycles. The number of nitrogens with one attached hydrogen (secondary N) is 2. The Morgan fingerprint density at radius 2 is 1.91 bits per heavy atom. The molecular formula is C20H19FN6O5. The fraction of sp³-hybridized carbons (Fsp3) is 0.200. The van der Waals surface area contributed by atoms with Gasteiger partial charge in [0.15, 0.2) is 11.5 Å². The maximum Gasteiger partial charge on any atom is 0.394 e. The van der Waals surface area contributed by atoms with Crippen LogP contribution in [0.15, 0.2) is 39.8 Å². The molecule has 1 amide bonds. The molecule has 0 bridgehead atoms. The molecule has 3 aromatic heterocycles. The Labute approximate surface area is 179 Å². The third kappa shape index (κ3) is 4.69. The number of rotatable bonds is 3. The number of aromatic amines is 2. The molecule has 0 saturated heterocycles. The summed E-state index contributed by atoms with van der Waals surface area (Å²) in [6.07, 6.45) is 1.50. The number of hydrogen-bond acceptors (Lipinski definition) is 7. The monoisotopic (exact) mass is 442 g/mol. The van der Waals surface area contributed by atoms with E-state index in [0.717, 1.165) is 0 Å². The SMILES string of the molecule is CC(C)(C)c1noc(C(=O)O)n1.NC(=O)c1ccc(-c2ccnc3[nH]c(=O)[nH]c23)cc1F. The lowest BCUT2D eigenvalue weighted by Crippen LogP contribution is -2.13. The summed E-state index contributed by atoms with van der Waals surface area (Å²) in [7, 11) is 0. The number of carboxylic acids is 1. The van der Waals surface area contributed by atoms with E-state index >= 15 is 0 Å². The molecule has 1 aromatic carbocycles. The van der Waals surface area contributed by atoms with Crippen LogP contribution >= 0.6 is 0 Å². The predicted molar refractivity (Wildman–Crippen MR) is 111 cm³/mol. The number of aromatic nitrogens is 5. The van der Waals surface area contributed by atoms with Crippen molar-refractivity contribution in [3.05, 3.63) is 64.0 Å². The van der Waals surface area contributed by atoms with Gasteiger partial charge in [0.1, 0.15) is 5.82 Å². The smallest absolute Gasteiger partial charge is 0.394 e. The normalized spacial score (nSPS) is 11.1. The number of carboxylic acid groups (broad SMARTS) is 1. The average Bonchev–Trinajstić information content (AvgIpc) is 3.34. The van der Waals surface area contributed by atoms with Gasteiger partial charge in [-0.15, -0.1) is 0 Å². The molecule has 0 unspecified atom stereocenters. The van der Waals surface area contributed by atoms with Crippen molar-refractivity contribution in [2.45, 2.75) is 26.2 Å². The number of halogens is 1. The highest BCUT2D eigenvalue weighted by Gasteiger charge is 2.23. The molecule has 0 aliphatic heterocycles. The summed E-state index contributed by atoms with van der Waals surface area (Å²) < 4.78 is 18.3. The minimum Gasteiger partial charge on any atom is -0.474 e. The number of amides is 1. The Bertz CT molecular complexity index is 1360. The van der Waals surface area contributed by atoms with E-state index in [1.807, 2.05) is 20.8 Å². The molecule has 0 atom stereocenters. The zero-order chi connectivity index (χ0) is 23.6. The number of pyridine rings is 1. The van der Waals surface area contributed by atoms with Crippen LogP contribution in [0.4, 0.5) is 4.39 Å². The van der Waals surface area contributed by atoms with Crippen LogP contribution in [0.5, 0.6) is 0 Å². The van der Waals surface area contributed by atoms with Gasteiger partial charge in [0.2, 0.25) is 0 Å². The van der Waals surface area contributed by atoms with E-state index < -0.39 is 23.4 Å². The lowest BCUT2D eigenvalue weighted by Gasteiger charge is -2.10. The molecular weight excluding hydrogens is 423 g/mol. The van der Waals surface area contributed by atoms with Crippen molar-refractivity contribution >= 4 is 23.0 Å². The Balaban J connectivity index is 0.000000207. The predicted octanol–water partition coefficient (Wildman–Crippen LogP) is 2.22. The first-order valence-electron chi connectivity index (χ1n) is 9.21. The van der Waals surface area contributed by atoms with Gasteiger partial charge in [-0.3, -0.25) is 9.78 Å². The van der Waals surface area contributed by atoms with Gasteiger partial charge in [0.25, 0.3) is 5.91 Å². The van der Waals surface area contributed by atoms with Gasteiger partial charge >= 0.3 is 17.5 Å². The Morgan fingerprint density at radius 1 is 1.19 bits per heavy atom. The number of nitrogens with zero attached hydrogens (tertiary/aromatic N) is 3. The fourth-order valence-electron chi connectivity index (χ4n) is 2.67. The standard InChI is InChI=1S/C13H9FN4O2.C7H10N2O3/c14-9-5-6(1-2-8(9)11(15)19)7-3-4-16-12-10(7)17-13(20)18-12;1-7(2,3)6-8-4(5(10)11)12-9-6/h1-5H,(H2,15,19)(H2,16,17,18,20);1-3H3,(H,10,11). The van der Waals surface area contributed by atoms with Crippen molar-refractivity contribution in [1.82, 2.24) is 25.1 Å². The van der Waals surface area contributed by atoms with E-state index in [9.17, 15) is 18.8 Å². The summed E-state index contributed by atoms with van der Waals surface area (Å²) in [5.41, 5.74) is 6.17. The number of benzene rings is 1. The molecule has 0 fully saturated rings. The van der Waals surface area contributed by atoms with Gasteiger partial charge < -0.3 is 20.3 Å². The summed E-state index contributed by atoms with van der Waals surface area (Å²) in [4.78, 5) is 45.5. The number of aromatic carboxylic acids is 1. The molecule has 0 saturated carbocycles. The fourth-order valence-corrected chi connectivity index (χ4v) is 2.67. The second-order valence-electron chi connectivity index (χ2n) is 7.70. The zero-order valence-corrected chi connectivity index (χ0v) is 17.3. The van der Waals surface area contributed by atoms with Crippen LogP contribution in [0.3, 0.4) is 0 Å². The van der Waals surface area contributed by atoms with Gasteiger partial charge in [0, 0.05) is 17.2 Å². The van der Waals surface area contributed by atoms with Crippen LogP contribution in [-0.4, -0.2) is 42.1 Å². The molecule has 0 aliphatic rings. The minimum absolute atomic E-state index is 0.179.